The second kappa shape index (κ2) is 8.20. The van der Waals surface area contributed by atoms with Crippen LogP contribution in [0.25, 0.3) is 17.6 Å². The van der Waals surface area contributed by atoms with Crippen LogP contribution < -0.4 is 5.43 Å². The second-order valence-corrected chi connectivity index (χ2v) is 6.16. The summed E-state index contributed by atoms with van der Waals surface area (Å²) in [5, 5.41) is 4.78. The highest BCUT2D eigenvalue weighted by Gasteiger charge is 2.37. The molecule has 0 spiro atoms. The number of carbonyl (C=O) groups excluding carboxylic acids is 2. The molecule has 0 unspecified atom stereocenters. The predicted molar refractivity (Wildman–Crippen MR) is 94.0 cm³/mol. The maximum atomic E-state index is 13.0. The Kier molecular flexibility index (Phi) is 5.81. The number of amides is 2. The smallest absolute Gasteiger partial charge is 0.286 e. The molecule has 0 aliphatic carbocycles. The van der Waals surface area contributed by atoms with E-state index < -0.39 is 46.7 Å². The van der Waals surface area contributed by atoms with Gasteiger partial charge >= 0.3 is 12.4 Å². The standard InChI is InChI=1S/C17H12F6N6O2/c18-16(19,20)11-5-10(6-12(7-11)17(21,22)23)15-25-9-28(27-15)3-1-13(30)26-29-4-2-24-8-14(29)31/h1-3,5-7,9H,4,8H2,(H,26,30)/b3-1-. The summed E-state index contributed by atoms with van der Waals surface area (Å²) in [5.41, 5.74) is -1.23. The third kappa shape index (κ3) is 5.46. The monoisotopic (exact) mass is 446 g/mol. The Bertz CT molecular complexity index is 1020. The van der Waals surface area contributed by atoms with Gasteiger partial charge in [-0.3, -0.25) is 20.0 Å². The number of nitrogens with zero attached hydrogens (tertiary/aromatic N) is 5. The molecular formula is C17H12F6N6O2. The van der Waals surface area contributed by atoms with E-state index in [0.29, 0.717) is 12.1 Å². The number of hydrazine groups is 1. The minimum atomic E-state index is -5.01. The molecule has 0 saturated heterocycles. The van der Waals surface area contributed by atoms with Crippen LogP contribution >= 0.6 is 0 Å². The minimum Gasteiger partial charge on any atom is -0.286 e. The van der Waals surface area contributed by atoms with E-state index in [1.54, 1.807) is 0 Å². The summed E-state index contributed by atoms with van der Waals surface area (Å²) in [7, 11) is 0. The number of carbonyl (C=O) groups is 2. The fourth-order valence-electron chi connectivity index (χ4n) is 2.45. The largest absolute Gasteiger partial charge is 0.416 e. The van der Waals surface area contributed by atoms with Crippen LogP contribution in [0.5, 0.6) is 0 Å². The fourth-order valence-corrected chi connectivity index (χ4v) is 2.45. The molecule has 1 aliphatic heterocycles. The number of hydrogen-bond donors (Lipinski definition) is 1. The van der Waals surface area contributed by atoms with E-state index in [-0.39, 0.29) is 19.2 Å². The van der Waals surface area contributed by atoms with E-state index >= 15 is 0 Å². The number of halogens is 6. The normalized spacial score (nSPS) is 15.0. The number of benzene rings is 1. The van der Waals surface area contributed by atoms with Gasteiger partial charge in [0.15, 0.2) is 5.82 Å². The van der Waals surface area contributed by atoms with Gasteiger partial charge in [0.1, 0.15) is 12.9 Å². The zero-order chi connectivity index (χ0) is 22.8. The Morgan fingerprint density at radius 2 is 1.71 bits per heavy atom. The molecule has 14 heteroatoms. The average Bonchev–Trinajstić information content (AvgIpc) is 3.16. The van der Waals surface area contributed by atoms with Crippen LogP contribution in [0.15, 0.2) is 35.6 Å². The van der Waals surface area contributed by atoms with E-state index in [2.05, 4.69) is 20.5 Å². The van der Waals surface area contributed by atoms with Gasteiger partial charge in [-0.1, -0.05) is 0 Å². The van der Waals surface area contributed by atoms with Crippen molar-refractivity contribution in [3.8, 4) is 11.4 Å². The topological polar surface area (TPSA) is 92.5 Å². The maximum Gasteiger partial charge on any atom is 0.416 e. The van der Waals surface area contributed by atoms with Crippen molar-refractivity contribution in [3.63, 3.8) is 0 Å². The molecule has 31 heavy (non-hydrogen) atoms. The highest BCUT2D eigenvalue weighted by atomic mass is 19.4. The van der Waals surface area contributed by atoms with Crippen LogP contribution in [0.3, 0.4) is 0 Å². The first-order valence-corrected chi connectivity index (χ1v) is 8.42. The van der Waals surface area contributed by atoms with E-state index in [0.717, 1.165) is 28.3 Å². The lowest BCUT2D eigenvalue weighted by molar-refractivity contribution is -0.143. The number of alkyl halides is 6. The summed E-state index contributed by atoms with van der Waals surface area (Å²) >= 11 is 0. The van der Waals surface area contributed by atoms with Crippen LogP contribution in [-0.2, 0) is 21.9 Å². The van der Waals surface area contributed by atoms with Gasteiger partial charge in [-0.15, -0.1) is 5.10 Å². The van der Waals surface area contributed by atoms with E-state index in [4.69, 9.17) is 0 Å². The Labute approximate surface area is 169 Å². The van der Waals surface area contributed by atoms with Crippen molar-refractivity contribution in [1.82, 2.24) is 25.2 Å². The highest BCUT2D eigenvalue weighted by Crippen LogP contribution is 2.38. The number of hydrogen-bond acceptors (Lipinski definition) is 5. The van der Waals surface area contributed by atoms with Gasteiger partial charge in [0.05, 0.1) is 17.7 Å². The molecule has 8 nitrogen and oxygen atoms in total. The van der Waals surface area contributed by atoms with Crippen LogP contribution in [-0.4, -0.2) is 50.9 Å². The Hall–Kier alpha value is -3.71. The van der Waals surface area contributed by atoms with Gasteiger partial charge in [-0.25, -0.2) is 14.7 Å². The Morgan fingerprint density at radius 1 is 1.06 bits per heavy atom. The molecular weight excluding hydrogens is 434 g/mol. The van der Waals surface area contributed by atoms with Gasteiger partial charge in [0.25, 0.3) is 11.8 Å². The molecule has 0 bridgehead atoms. The molecule has 2 amide bonds. The molecule has 0 fully saturated rings. The van der Waals surface area contributed by atoms with Gasteiger partial charge < -0.3 is 0 Å². The van der Waals surface area contributed by atoms with Crippen molar-refractivity contribution in [1.29, 1.82) is 0 Å². The van der Waals surface area contributed by atoms with Crippen LogP contribution in [0.1, 0.15) is 11.1 Å². The van der Waals surface area contributed by atoms with Gasteiger partial charge in [-0.2, -0.15) is 26.3 Å². The molecule has 2 heterocycles. The molecule has 1 aromatic carbocycles. The SMILES string of the molecule is O=C(/C=C\n1cnc(-c2cc(C(F)(F)F)cc(C(F)(F)F)c2)n1)NN1CC=NCC1=O. The molecule has 1 aromatic heterocycles. The lowest BCUT2D eigenvalue weighted by Crippen LogP contribution is -2.49. The summed E-state index contributed by atoms with van der Waals surface area (Å²) in [6, 6.07) is 0.987. The summed E-state index contributed by atoms with van der Waals surface area (Å²) in [5.74, 6) is -1.57. The van der Waals surface area contributed by atoms with Gasteiger partial charge in [0, 0.05) is 24.1 Å². The summed E-state index contributed by atoms with van der Waals surface area (Å²) in [4.78, 5) is 30.8. The molecule has 2 aromatic rings. The zero-order valence-electron chi connectivity index (χ0n) is 15.3. The van der Waals surface area contributed by atoms with Gasteiger partial charge in [-0.05, 0) is 18.2 Å². The van der Waals surface area contributed by atoms with Crippen LogP contribution in [0.4, 0.5) is 26.3 Å². The maximum absolute atomic E-state index is 13.0. The van der Waals surface area contributed by atoms with Crippen molar-refractivity contribution in [2.45, 2.75) is 12.4 Å². The Balaban J connectivity index is 1.80. The van der Waals surface area contributed by atoms with Gasteiger partial charge in [0.2, 0.25) is 0 Å². The lowest BCUT2D eigenvalue weighted by atomic mass is 10.0. The van der Waals surface area contributed by atoms with Crippen molar-refractivity contribution < 1.29 is 35.9 Å². The molecule has 164 valence electrons. The summed E-state index contributed by atoms with van der Waals surface area (Å²) < 4.78 is 78.8. The van der Waals surface area contributed by atoms with Crippen molar-refractivity contribution >= 4 is 24.2 Å². The molecule has 0 saturated carbocycles. The predicted octanol–water partition coefficient (Wildman–Crippen LogP) is 2.40. The summed E-state index contributed by atoms with van der Waals surface area (Å²) in [6.45, 7) is -0.0453. The van der Waals surface area contributed by atoms with E-state index in [1.807, 2.05) is 0 Å². The van der Waals surface area contributed by atoms with E-state index in [1.165, 1.54) is 6.21 Å². The summed E-state index contributed by atoms with van der Waals surface area (Å²) in [6.07, 6.45) is -5.58. The third-order valence-electron chi connectivity index (χ3n) is 3.90. The molecule has 0 atom stereocenters. The lowest BCUT2D eigenvalue weighted by Gasteiger charge is -2.22. The fraction of sp³-hybridized carbons (Fsp3) is 0.235. The molecule has 1 aliphatic rings. The minimum absolute atomic E-state index is 0.00265. The second-order valence-electron chi connectivity index (χ2n) is 6.16. The first-order valence-electron chi connectivity index (χ1n) is 8.42. The first kappa shape index (κ1) is 22.0. The van der Waals surface area contributed by atoms with Crippen LogP contribution in [0, 0.1) is 0 Å². The first-order chi connectivity index (χ1) is 14.4. The van der Waals surface area contributed by atoms with Crippen molar-refractivity contribution in [2.24, 2.45) is 4.99 Å². The number of nitrogens with one attached hydrogen (secondary N) is 1. The highest BCUT2D eigenvalue weighted by molar-refractivity contribution is 5.93. The number of aliphatic imine (C=N–C) groups is 1. The number of rotatable bonds is 4. The quantitative estimate of drug-likeness (QED) is 0.577. The van der Waals surface area contributed by atoms with E-state index in [9.17, 15) is 35.9 Å². The third-order valence-corrected chi connectivity index (χ3v) is 3.90. The average molecular weight is 446 g/mol. The van der Waals surface area contributed by atoms with Crippen molar-refractivity contribution in [3.05, 3.63) is 41.7 Å². The molecule has 1 N–H and O–H groups in total. The number of aromatic nitrogens is 3. The Morgan fingerprint density at radius 3 is 2.29 bits per heavy atom. The zero-order valence-corrected chi connectivity index (χ0v) is 15.3. The van der Waals surface area contributed by atoms with Crippen LogP contribution in [0.2, 0.25) is 0 Å². The molecule has 3 rings (SSSR count). The van der Waals surface area contributed by atoms with Crippen molar-refractivity contribution in [2.75, 3.05) is 13.1 Å². The molecule has 0 radical (unpaired) electrons.